The molecule has 0 saturated carbocycles. The van der Waals surface area contributed by atoms with E-state index in [0.717, 1.165) is 25.7 Å². The van der Waals surface area contributed by atoms with Gasteiger partial charge >= 0.3 is 5.97 Å². The Hall–Kier alpha value is -1.95. The number of ether oxygens (including phenoxy) is 1. The van der Waals surface area contributed by atoms with E-state index in [1.807, 2.05) is 6.07 Å². The van der Waals surface area contributed by atoms with Crippen LogP contribution in [-0.4, -0.2) is 47.1 Å². The fourth-order valence-electron chi connectivity index (χ4n) is 4.73. The Bertz CT molecular complexity index is 819. The fourth-order valence-corrected chi connectivity index (χ4v) is 4.73. The lowest BCUT2D eigenvalue weighted by Gasteiger charge is -2.35. The molecule has 0 radical (unpaired) electrons. The molecule has 6 heteroatoms. The lowest BCUT2D eigenvalue weighted by molar-refractivity contribution is -0.000390. The van der Waals surface area contributed by atoms with Crippen LogP contribution in [0, 0.1) is 6.92 Å². The highest BCUT2D eigenvalue weighted by atomic mass is 19.3. The Morgan fingerprint density at radius 1 is 1.23 bits per heavy atom. The van der Waals surface area contributed by atoms with Gasteiger partial charge in [-0.2, -0.15) is 0 Å². The molecule has 3 heterocycles. The van der Waals surface area contributed by atoms with Gasteiger partial charge in [0, 0.05) is 41.5 Å². The summed E-state index contributed by atoms with van der Waals surface area (Å²) in [6, 6.07) is 8.16. The summed E-state index contributed by atoms with van der Waals surface area (Å²) in [5.74, 6) is -0.388. The van der Waals surface area contributed by atoms with Crippen LogP contribution in [0.2, 0.25) is 0 Å². The summed E-state index contributed by atoms with van der Waals surface area (Å²) in [4.78, 5) is 15.3. The first-order valence-electron chi connectivity index (χ1n) is 9.24. The second kappa shape index (κ2) is 6.65. The molecule has 2 fully saturated rings. The molecule has 3 atom stereocenters. The van der Waals surface area contributed by atoms with Crippen molar-refractivity contribution in [3.63, 3.8) is 0 Å². The molecule has 1 aromatic carbocycles. The maximum Gasteiger partial charge on any atom is 0.340 e. The molecule has 26 heavy (non-hydrogen) atoms. The Balaban J connectivity index is 1.62. The molecule has 140 valence electrons. The number of aromatic nitrogens is 1. The molecule has 2 aliphatic heterocycles. The van der Waals surface area contributed by atoms with Crippen molar-refractivity contribution in [3.8, 4) is 0 Å². The predicted octanol–water partition coefficient (Wildman–Crippen LogP) is 4.00. The summed E-state index contributed by atoms with van der Waals surface area (Å²) >= 11 is 0. The number of piperidine rings is 1. The zero-order valence-corrected chi connectivity index (χ0v) is 15.1. The van der Waals surface area contributed by atoms with Gasteiger partial charge in [-0.15, -0.1) is 0 Å². The predicted molar refractivity (Wildman–Crippen MR) is 95.7 cm³/mol. The van der Waals surface area contributed by atoms with Crippen LogP contribution in [-0.2, 0) is 11.3 Å². The van der Waals surface area contributed by atoms with Crippen LogP contribution in [0.15, 0.2) is 24.3 Å². The first kappa shape index (κ1) is 17.5. The number of carbonyl (C=O) groups excluding carboxylic acids is 1. The minimum Gasteiger partial charge on any atom is -0.459 e. The maximum atomic E-state index is 13.0. The molecule has 0 amide bonds. The van der Waals surface area contributed by atoms with Gasteiger partial charge < -0.3 is 14.2 Å². The van der Waals surface area contributed by atoms with Crippen molar-refractivity contribution < 1.29 is 18.3 Å². The van der Waals surface area contributed by atoms with E-state index in [1.54, 1.807) is 25.1 Å². The molecule has 0 aliphatic carbocycles. The Morgan fingerprint density at radius 3 is 2.54 bits per heavy atom. The molecular formula is C20H24F2N2O2. The number of benzene rings is 1. The van der Waals surface area contributed by atoms with Gasteiger partial charge in [0.1, 0.15) is 6.10 Å². The largest absolute Gasteiger partial charge is 0.459 e. The third-order valence-electron chi connectivity index (χ3n) is 6.08. The summed E-state index contributed by atoms with van der Waals surface area (Å²) in [5, 5.41) is 0.687. The van der Waals surface area contributed by atoms with E-state index < -0.39 is 13.0 Å². The minimum absolute atomic E-state index is 0.0900. The number of nitrogens with zero attached hydrogens (tertiary/aromatic N) is 2. The van der Waals surface area contributed by atoms with E-state index in [1.165, 1.54) is 4.57 Å². The average Bonchev–Trinajstić information content (AvgIpc) is 2.97. The van der Waals surface area contributed by atoms with Crippen LogP contribution in [0.4, 0.5) is 8.78 Å². The van der Waals surface area contributed by atoms with Crippen LogP contribution < -0.4 is 0 Å². The second-order valence-electron chi connectivity index (χ2n) is 7.53. The van der Waals surface area contributed by atoms with Crippen molar-refractivity contribution in [2.45, 2.75) is 63.8 Å². The van der Waals surface area contributed by atoms with Crippen LogP contribution in [0.1, 0.15) is 41.7 Å². The molecule has 1 aromatic heterocycles. The highest BCUT2D eigenvalue weighted by Gasteiger charge is 2.40. The summed E-state index contributed by atoms with van der Waals surface area (Å²) in [5.41, 5.74) is 1.63. The SMILES string of the molecule is Cc1c(C(=O)O[C@@H]2C[C@H]3CC[C@@H](C2)N3C)c2ccccc2n1CC(F)F. The quantitative estimate of drug-likeness (QED) is 0.771. The van der Waals surface area contributed by atoms with Gasteiger partial charge in [-0.25, -0.2) is 13.6 Å². The number of rotatable bonds is 4. The Kier molecular flexibility index (Phi) is 4.47. The molecule has 0 N–H and O–H groups in total. The van der Waals surface area contributed by atoms with E-state index in [0.29, 0.717) is 34.2 Å². The highest BCUT2D eigenvalue weighted by Crippen LogP contribution is 2.36. The van der Waals surface area contributed by atoms with Crippen molar-refractivity contribution in [2.75, 3.05) is 7.05 Å². The van der Waals surface area contributed by atoms with Crippen LogP contribution in [0.5, 0.6) is 0 Å². The first-order valence-corrected chi connectivity index (χ1v) is 9.24. The lowest BCUT2D eigenvalue weighted by Crippen LogP contribution is -2.43. The number of hydrogen-bond donors (Lipinski definition) is 0. The van der Waals surface area contributed by atoms with Gasteiger partial charge in [0.25, 0.3) is 6.43 Å². The second-order valence-corrected chi connectivity index (χ2v) is 7.53. The van der Waals surface area contributed by atoms with Gasteiger partial charge in [0.05, 0.1) is 12.1 Å². The van der Waals surface area contributed by atoms with E-state index in [2.05, 4.69) is 11.9 Å². The minimum atomic E-state index is -2.47. The molecule has 4 nitrogen and oxygen atoms in total. The number of carbonyl (C=O) groups is 1. The standard InChI is InChI=1S/C20H24F2N2O2/c1-12-19(16-5-3-4-6-17(16)24(12)11-18(21)22)20(25)26-15-9-13-7-8-14(10-15)23(13)2/h3-6,13-15,18H,7-11H2,1-2H3/t13-,14+,15-. The van der Waals surface area contributed by atoms with Crippen molar-refractivity contribution in [3.05, 3.63) is 35.5 Å². The third-order valence-corrected chi connectivity index (χ3v) is 6.08. The number of alkyl halides is 2. The Labute approximate surface area is 151 Å². The fraction of sp³-hybridized carbons (Fsp3) is 0.550. The number of fused-ring (bicyclic) bond motifs is 3. The van der Waals surface area contributed by atoms with Crippen molar-refractivity contribution in [1.29, 1.82) is 0 Å². The molecule has 0 unspecified atom stereocenters. The molecule has 2 saturated heterocycles. The summed E-state index contributed by atoms with van der Waals surface area (Å²) in [6.07, 6.45) is 1.45. The number of esters is 1. The number of hydrogen-bond acceptors (Lipinski definition) is 3. The zero-order valence-electron chi connectivity index (χ0n) is 15.1. The van der Waals surface area contributed by atoms with E-state index in [4.69, 9.17) is 4.74 Å². The number of halogens is 2. The van der Waals surface area contributed by atoms with Crippen molar-refractivity contribution in [1.82, 2.24) is 9.47 Å². The van der Waals surface area contributed by atoms with Crippen LogP contribution >= 0.6 is 0 Å². The van der Waals surface area contributed by atoms with Crippen molar-refractivity contribution >= 4 is 16.9 Å². The lowest BCUT2D eigenvalue weighted by atomic mass is 10.0. The normalized spacial score (nSPS) is 26.0. The summed E-state index contributed by atoms with van der Waals surface area (Å²) in [6.45, 7) is 1.30. The van der Waals surface area contributed by atoms with Gasteiger partial charge in [0.2, 0.25) is 0 Å². The molecule has 0 spiro atoms. The summed E-state index contributed by atoms with van der Waals surface area (Å²) in [7, 11) is 2.14. The van der Waals surface area contributed by atoms with Gasteiger partial charge in [-0.1, -0.05) is 18.2 Å². The van der Waals surface area contributed by atoms with E-state index >= 15 is 0 Å². The van der Waals surface area contributed by atoms with Gasteiger partial charge in [0.15, 0.2) is 0 Å². The molecule has 2 bridgehead atoms. The molecule has 2 aliphatic rings. The molecular weight excluding hydrogens is 338 g/mol. The van der Waals surface area contributed by atoms with E-state index in [-0.39, 0.29) is 12.1 Å². The van der Waals surface area contributed by atoms with Crippen LogP contribution in [0.3, 0.4) is 0 Å². The van der Waals surface area contributed by atoms with Crippen LogP contribution in [0.25, 0.3) is 10.9 Å². The van der Waals surface area contributed by atoms with E-state index in [9.17, 15) is 13.6 Å². The van der Waals surface area contributed by atoms with Crippen molar-refractivity contribution in [2.24, 2.45) is 0 Å². The number of para-hydroxylation sites is 1. The first-order chi connectivity index (χ1) is 12.5. The zero-order chi connectivity index (χ0) is 18.4. The Morgan fingerprint density at radius 2 is 1.88 bits per heavy atom. The summed E-state index contributed by atoms with van der Waals surface area (Å²) < 4.78 is 33.4. The smallest absolute Gasteiger partial charge is 0.340 e. The monoisotopic (exact) mass is 362 g/mol. The topological polar surface area (TPSA) is 34.5 Å². The maximum absolute atomic E-state index is 13.0. The molecule has 4 rings (SSSR count). The van der Waals surface area contributed by atoms with Gasteiger partial charge in [-0.3, -0.25) is 0 Å². The average molecular weight is 362 g/mol. The van der Waals surface area contributed by atoms with Gasteiger partial charge in [-0.05, 0) is 32.9 Å². The third kappa shape index (κ3) is 2.90. The highest BCUT2D eigenvalue weighted by molar-refractivity contribution is 6.06. The molecule has 2 aromatic rings.